The summed E-state index contributed by atoms with van der Waals surface area (Å²) in [6, 6.07) is 40.6. The van der Waals surface area contributed by atoms with Crippen LogP contribution in [0.25, 0.3) is 31.9 Å². The largest absolute Gasteiger partial charge is 0.453 e. The standard InChI is InChI=1S/C38H24N6O2S3/c39-35-33(29-17-19-31(47-29)43-21-9-1-5-13-25(21)45-26-14-6-2-10-22(26)43)37-38(42-49-41-37)34(36(35)40)30-18-20-32(48-30)44-23-11-3-7-15-27(23)46-28-16-8-4-12-24(28)44/h1-20H,39-40H2. The van der Waals surface area contributed by atoms with E-state index >= 15 is 0 Å². The summed E-state index contributed by atoms with van der Waals surface area (Å²) in [4.78, 5) is 6.36. The lowest BCUT2D eigenvalue weighted by Crippen LogP contribution is -2.14. The van der Waals surface area contributed by atoms with E-state index in [1.807, 2.05) is 72.8 Å². The second-order valence-corrected chi connectivity index (χ2v) is 14.2. The van der Waals surface area contributed by atoms with E-state index in [9.17, 15) is 0 Å². The molecule has 0 saturated heterocycles. The van der Waals surface area contributed by atoms with Crippen molar-refractivity contribution in [1.29, 1.82) is 0 Å². The third-order valence-electron chi connectivity index (χ3n) is 8.77. The number of thiophene rings is 2. The number of benzene rings is 5. The van der Waals surface area contributed by atoms with E-state index < -0.39 is 0 Å². The van der Waals surface area contributed by atoms with Gasteiger partial charge < -0.3 is 20.9 Å². The lowest BCUT2D eigenvalue weighted by Gasteiger charge is -2.31. The highest BCUT2D eigenvalue weighted by Crippen LogP contribution is 2.56. The molecule has 8 aromatic rings. The number of nitrogens with two attached hydrogens (primary N) is 2. The first-order chi connectivity index (χ1) is 24.1. The average Bonchev–Trinajstić information content (AvgIpc) is 3.93. The molecule has 2 aliphatic rings. The number of fused-ring (bicyclic) bond motifs is 5. The Morgan fingerprint density at radius 1 is 0.449 bits per heavy atom. The molecule has 11 heteroatoms. The zero-order valence-corrected chi connectivity index (χ0v) is 28.0. The molecule has 0 saturated carbocycles. The Bertz CT molecular complexity index is 2320. The fourth-order valence-electron chi connectivity index (χ4n) is 6.59. The summed E-state index contributed by atoms with van der Waals surface area (Å²) in [5, 5.41) is 2.04. The van der Waals surface area contributed by atoms with E-state index in [4.69, 9.17) is 29.7 Å². The van der Waals surface area contributed by atoms with Crippen LogP contribution in [0.4, 0.5) is 44.1 Å². The highest BCUT2D eigenvalue weighted by molar-refractivity contribution is 7.20. The smallest absolute Gasteiger partial charge is 0.151 e. The molecular weight excluding hydrogens is 669 g/mol. The van der Waals surface area contributed by atoms with Crippen molar-refractivity contribution in [3.05, 3.63) is 121 Å². The lowest BCUT2D eigenvalue weighted by molar-refractivity contribution is 0.477. The molecule has 0 spiro atoms. The molecule has 0 unspecified atom stereocenters. The molecule has 49 heavy (non-hydrogen) atoms. The van der Waals surface area contributed by atoms with Gasteiger partial charge in [0.1, 0.15) is 21.0 Å². The molecule has 5 heterocycles. The summed E-state index contributed by atoms with van der Waals surface area (Å²) in [7, 11) is 0. The SMILES string of the molecule is Nc1c(N)c(-c2ccc(N3c4ccccc4Oc4ccccc43)s2)c2nsnc2c1-c1ccc(N2c3ccccc3Oc3ccccc32)s1. The molecular formula is C38H24N6O2S3. The number of ether oxygens (including phenoxy) is 2. The van der Waals surface area contributed by atoms with Crippen LogP contribution >= 0.6 is 34.4 Å². The summed E-state index contributed by atoms with van der Waals surface area (Å²) < 4.78 is 22.0. The Morgan fingerprint density at radius 3 is 1.16 bits per heavy atom. The molecule has 0 bridgehead atoms. The Labute approximate surface area is 293 Å². The van der Waals surface area contributed by atoms with Gasteiger partial charge in [-0.1, -0.05) is 48.5 Å². The maximum absolute atomic E-state index is 6.96. The Morgan fingerprint density at radius 2 is 0.796 bits per heavy atom. The first-order valence-electron chi connectivity index (χ1n) is 15.5. The second kappa shape index (κ2) is 10.8. The lowest BCUT2D eigenvalue weighted by atomic mass is 10.0. The molecule has 0 aliphatic carbocycles. The molecule has 4 N–H and O–H groups in total. The van der Waals surface area contributed by atoms with Crippen molar-refractivity contribution < 1.29 is 9.47 Å². The third-order valence-corrected chi connectivity index (χ3v) is 11.5. The van der Waals surface area contributed by atoms with Crippen LogP contribution < -0.4 is 30.7 Å². The van der Waals surface area contributed by atoms with Gasteiger partial charge in [0.05, 0.1) is 45.9 Å². The van der Waals surface area contributed by atoms with Crippen molar-refractivity contribution in [2.24, 2.45) is 0 Å². The fourth-order valence-corrected chi connectivity index (χ4v) is 9.34. The first-order valence-corrected chi connectivity index (χ1v) is 17.9. The molecule has 5 aromatic carbocycles. The summed E-state index contributed by atoms with van der Waals surface area (Å²) in [5.41, 5.74) is 21.8. The number of anilines is 8. The zero-order chi connectivity index (χ0) is 32.6. The number of hydrogen-bond acceptors (Lipinski definition) is 11. The van der Waals surface area contributed by atoms with Crippen LogP contribution in [0.3, 0.4) is 0 Å². The van der Waals surface area contributed by atoms with E-state index in [0.717, 1.165) is 99.4 Å². The molecule has 0 atom stereocenters. The number of nitrogen functional groups attached to an aromatic ring is 2. The van der Waals surface area contributed by atoms with E-state index in [1.54, 1.807) is 22.7 Å². The molecule has 2 aliphatic heterocycles. The average molecular weight is 693 g/mol. The third kappa shape index (κ3) is 4.26. The van der Waals surface area contributed by atoms with Gasteiger partial charge in [-0.15, -0.1) is 22.7 Å². The molecule has 0 amide bonds. The van der Waals surface area contributed by atoms with Crippen molar-refractivity contribution in [3.63, 3.8) is 0 Å². The van der Waals surface area contributed by atoms with Gasteiger partial charge in [-0.2, -0.15) is 8.75 Å². The fraction of sp³-hybridized carbons (Fsp3) is 0. The van der Waals surface area contributed by atoms with E-state index in [1.165, 1.54) is 0 Å². The minimum atomic E-state index is 0.489. The van der Waals surface area contributed by atoms with Gasteiger partial charge in [-0.05, 0) is 72.8 Å². The second-order valence-electron chi connectivity index (χ2n) is 11.6. The van der Waals surface area contributed by atoms with Crippen LogP contribution in [0.1, 0.15) is 0 Å². The summed E-state index contributed by atoms with van der Waals surface area (Å²) in [5.74, 6) is 3.20. The van der Waals surface area contributed by atoms with Gasteiger partial charge in [0.15, 0.2) is 23.0 Å². The van der Waals surface area contributed by atoms with E-state index in [-0.39, 0.29) is 0 Å². The Kier molecular flexibility index (Phi) is 6.22. The van der Waals surface area contributed by atoms with Crippen LogP contribution in [0.2, 0.25) is 0 Å². The summed E-state index contributed by atoms with van der Waals surface area (Å²) >= 11 is 4.42. The summed E-state index contributed by atoms with van der Waals surface area (Å²) in [6.07, 6.45) is 0. The van der Waals surface area contributed by atoms with Crippen molar-refractivity contribution in [2.75, 3.05) is 21.3 Å². The maximum atomic E-state index is 6.96. The minimum Gasteiger partial charge on any atom is -0.453 e. The predicted molar refractivity (Wildman–Crippen MR) is 202 cm³/mol. The monoisotopic (exact) mass is 692 g/mol. The highest BCUT2D eigenvalue weighted by Gasteiger charge is 2.30. The molecule has 10 rings (SSSR count). The van der Waals surface area contributed by atoms with Crippen LogP contribution in [0.15, 0.2) is 121 Å². The van der Waals surface area contributed by atoms with Crippen LogP contribution in [0.5, 0.6) is 23.0 Å². The van der Waals surface area contributed by atoms with Gasteiger partial charge in [-0.25, -0.2) is 0 Å². The molecule has 3 aromatic heterocycles. The van der Waals surface area contributed by atoms with E-state index in [0.29, 0.717) is 11.4 Å². The van der Waals surface area contributed by atoms with Gasteiger partial charge in [0.25, 0.3) is 0 Å². The maximum Gasteiger partial charge on any atom is 0.151 e. The highest BCUT2D eigenvalue weighted by atomic mass is 32.1. The number of para-hydroxylation sites is 8. The summed E-state index contributed by atoms with van der Waals surface area (Å²) in [6.45, 7) is 0. The molecule has 0 fully saturated rings. The zero-order valence-electron chi connectivity index (χ0n) is 25.5. The van der Waals surface area contributed by atoms with Crippen LogP contribution in [-0.2, 0) is 0 Å². The number of rotatable bonds is 4. The minimum absolute atomic E-state index is 0.489. The van der Waals surface area contributed by atoms with Crippen molar-refractivity contribution in [1.82, 2.24) is 8.75 Å². The quantitative estimate of drug-likeness (QED) is 0.176. The van der Waals surface area contributed by atoms with Gasteiger partial charge in [0.2, 0.25) is 0 Å². The molecule has 8 nitrogen and oxygen atoms in total. The normalized spacial score (nSPS) is 12.9. The predicted octanol–water partition coefficient (Wildman–Crippen LogP) is 11.5. The number of nitrogens with zero attached hydrogens (tertiary/aromatic N) is 4. The van der Waals surface area contributed by atoms with Crippen LogP contribution in [-0.4, -0.2) is 8.75 Å². The Balaban J connectivity index is 1.08. The van der Waals surface area contributed by atoms with Crippen molar-refractivity contribution >= 4 is 89.6 Å². The van der Waals surface area contributed by atoms with Crippen molar-refractivity contribution in [2.45, 2.75) is 0 Å². The van der Waals surface area contributed by atoms with E-state index in [2.05, 4.69) is 58.3 Å². The molecule has 0 radical (unpaired) electrons. The molecule has 236 valence electrons. The van der Waals surface area contributed by atoms with Gasteiger partial charge in [-0.3, -0.25) is 9.80 Å². The number of hydrogen-bond donors (Lipinski definition) is 2. The first kappa shape index (κ1) is 28.2. The topological polar surface area (TPSA) is 103 Å². The number of aromatic nitrogens is 2. The van der Waals surface area contributed by atoms with Gasteiger partial charge in [0, 0.05) is 20.9 Å². The van der Waals surface area contributed by atoms with Crippen molar-refractivity contribution in [3.8, 4) is 43.9 Å². The van der Waals surface area contributed by atoms with Crippen LogP contribution in [0, 0.1) is 0 Å². The van der Waals surface area contributed by atoms with Gasteiger partial charge >= 0.3 is 0 Å². The Hall–Kier alpha value is -5.88.